The summed E-state index contributed by atoms with van der Waals surface area (Å²) >= 11 is 0. The summed E-state index contributed by atoms with van der Waals surface area (Å²) in [7, 11) is 0. The predicted molar refractivity (Wildman–Crippen MR) is 100 cm³/mol. The maximum atomic E-state index is 11.9. The van der Waals surface area contributed by atoms with Crippen LogP contribution in [0.2, 0.25) is 0 Å². The topological polar surface area (TPSA) is 42.0 Å². The van der Waals surface area contributed by atoms with E-state index in [4.69, 9.17) is 15.9 Å². The number of carbonyl (C=O) groups excluding carboxylic acids is 1. The molecule has 2 aliphatic heterocycles. The quantitative estimate of drug-likeness (QED) is 0.602. The van der Waals surface area contributed by atoms with E-state index in [0.717, 1.165) is 18.8 Å². The van der Waals surface area contributed by atoms with Crippen molar-refractivity contribution >= 4 is 11.6 Å². The molecule has 5 nitrogen and oxygen atoms in total. The van der Waals surface area contributed by atoms with Crippen molar-refractivity contribution < 1.29 is 14.3 Å². The van der Waals surface area contributed by atoms with Crippen LogP contribution in [-0.2, 0) is 16.1 Å². The SMILES string of the molecule is C#CCOCCOc1ccc2c3c1[C@H]1CCC[C@H]1N3CCN(C(C)=O)C2. The Balaban J connectivity index is 1.63. The van der Waals surface area contributed by atoms with Gasteiger partial charge in [-0.2, -0.15) is 0 Å². The molecule has 1 aromatic carbocycles. The molecule has 1 aliphatic carbocycles. The molecule has 26 heavy (non-hydrogen) atoms. The molecule has 3 aliphatic rings. The van der Waals surface area contributed by atoms with Crippen molar-refractivity contribution in [2.45, 2.75) is 44.7 Å². The van der Waals surface area contributed by atoms with Crippen LogP contribution in [0.25, 0.3) is 0 Å². The summed E-state index contributed by atoms with van der Waals surface area (Å²) in [5.74, 6) is 4.14. The van der Waals surface area contributed by atoms with Gasteiger partial charge in [0, 0.05) is 49.8 Å². The molecule has 0 saturated heterocycles. The highest BCUT2D eigenvalue weighted by molar-refractivity contribution is 5.76. The van der Waals surface area contributed by atoms with Crippen molar-refractivity contribution in [1.29, 1.82) is 0 Å². The van der Waals surface area contributed by atoms with Crippen molar-refractivity contribution in [2.75, 3.05) is 37.8 Å². The summed E-state index contributed by atoms with van der Waals surface area (Å²) in [6, 6.07) is 4.77. The van der Waals surface area contributed by atoms with E-state index in [0.29, 0.717) is 38.3 Å². The first-order chi connectivity index (χ1) is 12.7. The van der Waals surface area contributed by atoms with Crippen LogP contribution in [0.1, 0.15) is 43.2 Å². The molecule has 0 radical (unpaired) electrons. The van der Waals surface area contributed by atoms with Crippen LogP contribution in [0.5, 0.6) is 5.75 Å². The average molecular weight is 354 g/mol. The first-order valence-corrected chi connectivity index (χ1v) is 9.52. The van der Waals surface area contributed by atoms with Crippen LogP contribution in [0.15, 0.2) is 12.1 Å². The Labute approximate surface area is 155 Å². The molecule has 5 heteroatoms. The van der Waals surface area contributed by atoms with Crippen molar-refractivity contribution in [3.05, 3.63) is 23.3 Å². The summed E-state index contributed by atoms with van der Waals surface area (Å²) in [6.07, 6.45) is 8.91. The van der Waals surface area contributed by atoms with Gasteiger partial charge >= 0.3 is 0 Å². The van der Waals surface area contributed by atoms with Gasteiger partial charge in [-0.1, -0.05) is 18.4 Å². The third-order valence-electron chi connectivity index (χ3n) is 5.89. The molecule has 2 atom stereocenters. The summed E-state index contributed by atoms with van der Waals surface area (Å²) in [5, 5.41) is 0. The number of amides is 1. The minimum Gasteiger partial charge on any atom is -0.491 e. The zero-order valence-corrected chi connectivity index (χ0v) is 15.4. The molecule has 1 amide bonds. The first-order valence-electron chi connectivity index (χ1n) is 9.52. The van der Waals surface area contributed by atoms with E-state index in [-0.39, 0.29) is 5.91 Å². The average Bonchev–Trinajstić information content (AvgIpc) is 3.15. The van der Waals surface area contributed by atoms with E-state index >= 15 is 0 Å². The highest BCUT2D eigenvalue weighted by Gasteiger charge is 2.45. The molecule has 0 unspecified atom stereocenters. The van der Waals surface area contributed by atoms with Gasteiger partial charge in [0.25, 0.3) is 0 Å². The number of terminal acetylenes is 1. The Kier molecular flexibility index (Phi) is 4.78. The molecule has 4 rings (SSSR count). The zero-order valence-electron chi connectivity index (χ0n) is 15.4. The molecule has 1 saturated carbocycles. The molecule has 0 aromatic heterocycles. The fourth-order valence-corrected chi connectivity index (χ4v) is 4.80. The summed E-state index contributed by atoms with van der Waals surface area (Å²) in [6.45, 7) is 5.38. The maximum Gasteiger partial charge on any atom is 0.219 e. The molecule has 2 heterocycles. The fraction of sp³-hybridized carbons (Fsp3) is 0.571. The van der Waals surface area contributed by atoms with E-state index in [1.165, 1.54) is 36.1 Å². The molecular weight excluding hydrogens is 328 g/mol. The monoisotopic (exact) mass is 354 g/mol. The first kappa shape index (κ1) is 17.2. The Morgan fingerprint density at radius 2 is 2.19 bits per heavy atom. The fourth-order valence-electron chi connectivity index (χ4n) is 4.80. The number of anilines is 1. The van der Waals surface area contributed by atoms with E-state index in [1.54, 1.807) is 6.92 Å². The summed E-state index contributed by atoms with van der Waals surface area (Å²) in [4.78, 5) is 16.4. The van der Waals surface area contributed by atoms with E-state index in [1.807, 2.05) is 4.90 Å². The molecule has 0 bridgehead atoms. The van der Waals surface area contributed by atoms with E-state index in [9.17, 15) is 4.79 Å². The second-order valence-corrected chi connectivity index (χ2v) is 7.33. The van der Waals surface area contributed by atoms with Crippen LogP contribution in [0, 0.1) is 12.3 Å². The van der Waals surface area contributed by atoms with Crippen LogP contribution in [0.3, 0.4) is 0 Å². The Hall–Kier alpha value is -2.19. The second kappa shape index (κ2) is 7.20. The van der Waals surface area contributed by atoms with Gasteiger partial charge in [-0.05, 0) is 24.5 Å². The summed E-state index contributed by atoms with van der Waals surface area (Å²) < 4.78 is 11.4. The largest absolute Gasteiger partial charge is 0.491 e. The second-order valence-electron chi connectivity index (χ2n) is 7.33. The highest BCUT2D eigenvalue weighted by atomic mass is 16.5. The lowest BCUT2D eigenvalue weighted by atomic mass is 9.94. The number of hydrogen-bond donors (Lipinski definition) is 0. The van der Waals surface area contributed by atoms with Gasteiger partial charge in [0.1, 0.15) is 19.0 Å². The minimum atomic E-state index is 0.147. The lowest BCUT2D eigenvalue weighted by Gasteiger charge is -2.27. The van der Waals surface area contributed by atoms with Gasteiger partial charge in [0.15, 0.2) is 0 Å². The number of fused-ring (bicyclic) bond motifs is 3. The number of nitrogens with zero attached hydrogens (tertiary/aromatic N) is 2. The maximum absolute atomic E-state index is 11.9. The van der Waals surface area contributed by atoms with Crippen molar-refractivity contribution in [3.8, 4) is 18.1 Å². The molecule has 138 valence electrons. The van der Waals surface area contributed by atoms with Gasteiger partial charge in [-0.15, -0.1) is 6.42 Å². The van der Waals surface area contributed by atoms with Crippen LogP contribution < -0.4 is 9.64 Å². The standard InChI is InChI=1S/C21H26N2O3/c1-3-11-25-12-13-26-19-8-7-16-14-22(15(2)24)9-10-23-18-6-4-5-17(18)20(19)21(16)23/h1,7-8,17-18H,4-6,9-14H2,2H3/t17-,18+/m0/s1. The van der Waals surface area contributed by atoms with Gasteiger partial charge in [-0.25, -0.2) is 0 Å². The van der Waals surface area contributed by atoms with Crippen LogP contribution in [-0.4, -0.2) is 49.8 Å². The lowest BCUT2D eigenvalue weighted by molar-refractivity contribution is -0.129. The Bertz CT molecular complexity index is 740. The molecule has 1 aromatic rings. The van der Waals surface area contributed by atoms with Gasteiger partial charge in [0.2, 0.25) is 5.91 Å². The third kappa shape index (κ3) is 2.93. The number of rotatable bonds is 5. The van der Waals surface area contributed by atoms with Crippen LogP contribution in [0.4, 0.5) is 5.69 Å². The predicted octanol–water partition coefficient (Wildman–Crippen LogP) is 2.53. The van der Waals surface area contributed by atoms with Crippen molar-refractivity contribution in [2.24, 2.45) is 0 Å². The van der Waals surface area contributed by atoms with Crippen LogP contribution >= 0.6 is 0 Å². The number of hydrogen-bond acceptors (Lipinski definition) is 4. The van der Waals surface area contributed by atoms with E-state index in [2.05, 4.69) is 23.0 Å². The number of benzene rings is 1. The Morgan fingerprint density at radius 1 is 1.31 bits per heavy atom. The van der Waals surface area contributed by atoms with Gasteiger partial charge in [0.05, 0.1) is 6.61 Å². The normalized spacial score (nSPS) is 23.2. The molecule has 0 spiro atoms. The lowest BCUT2D eigenvalue weighted by Crippen LogP contribution is -2.37. The van der Waals surface area contributed by atoms with E-state index < -0.39 is 0 Å². The van der Waals surface area contributed by atoms with Gasteiger partial charge in [-0.3, -0.25) is 4.79 Å². The number of carbonyl (C=O) groups is 1. The molecule has 1 fully saturated rings. The Morgan fingerprint density at radius 3 is 3.00 bits per heavy atom. The van der Waals surface area contributed by atoms with Crippen molar-refractivity contribution in [1.82, 2.24) is 4.90 Å². The number of ether oxygens (including phenoxy) is 2. The molecule has 0 N–H and O–H groups in total. The highest BCUT2D eigenvalue weighted by Crippen LogP contribution is 2.54. The van der Waals surface area contributed by atoms with Gasteiger partial charge < -0.3 is 19.3 Å². The van der Waals surface area contributed by atoms with Crippen molar-refractivity contribution in [3.63, 3.8) is 0 Å². The summed E-state index contributed by atoms with van der Waals surface area (Å²) in [5.41, 5.74) is 3.93. The minimum absolute atomic E-state index is 0.147. The molecular formula is C21H26N2O3. The third-order valence-corrected chi connectivity index (χ3v) is 5.89. The smallest absolute Gasteiger partial charge is 0.219 e. The zero-order chi connectivity index (χ0) is 18.1.